The van der Waals surface area contributed by atoms with Gasteiger partial charge in [-0.1, -0.05) is 52.3 Å². The molecule has 0 aliphatic rings. The number of halogens is 13. The summed E-state index contributed by atoms with van der Waals surface area (Å²) in [5.41, 5.74) is -0.869. The van der Waals surface area contributed by atoms with Gasteiger partial charge in [-0.15, -0.1) is 0 Å². The Morgan fingerprint density at radius 2 is 1.22 bits per heavy atom. The highest BCUT2D eigenvalue weighted by Crippen LogP contribution is 2.61. The van der Waals surface area contributed by atoms with Crippen molar-refractivity contribution in [3.8, 4) is 0 Å². The predicted octanol–water partition coefficient (Wildman–Crippen LogP) is 9.95. The molecule has 0 heterocycles. The Morgan fingerprint density at radius 1 is 0.739 bits per heavy atom. The molecular formula is C28H39F13O4Si. The summed E-state index contributed by atoms with van der Waals surface area (Å²) in [7, 11) is -3.73. The highest BCUT2D eigenvalue weighted by molar-refractivity contribution is 6.76. The maximum atomic E-state index is 14.7. The molecule has 0 spiro atoms. The van der Waals surface area contributed by atoms with Gasteiger partial charge in [0.1, 0.15) is 6.42 Å². The van der Waals surface area contributed by atoms with E-state index in [1.807, 2.05) is 0 Å². The summed E-state index contributed by atoms with van der Waals surface area (Å²) in [6.07, 6.45) is -5.81. The number of hydrogen-bond donors (Lipinski definition) is 0. The first-order valence-electron chi connectivity index (χ1n) is 14.2. The average molecular weight is 715 g/mol. The van der Waals surface area contributed by atoms with Crippen LogP contribution in [0, 0.1) is 5.92 Å². The topological polar surface area (TPSA) is 52.6 Å². The first-order chi connectivity index (χ1) is 20.5. The number of allylic oxidation sites excluding steroid dienone is 3. The SMILES string of the molecule is CCOC(=O)CC(=O)/C=C/C(C)=C/[C@H](CC)CO[Si](CCC(F)(F)C(F)(F)C(F)(F)C(F)(F)C(F)(F)C(F)(F)F)(C(C)C)C(C)C. The quantitative estimate of drug-likeness (QED) is 0.0334. The van der Waals surface area contributed by atoms with Gasteiger partial charge in [0.2, 0.25) is 0 Å². The maximum Gasteiger partial charge on any atom is 0.460 e. The lowest BCUT2D eigenvalue weighted by atomic mass is 9.93. The van der Waals surface area contributed by atoms with Crippen LogP contribution < -0.4 is 0 Å². The van der Waals surface area contributed by atoms with E-state index in [-0.39, 0.29) is 13.2 Å². The van der Waals surface area contributed by atoms with Crippen LogP contribution in [0.25, 0.3) is 0 Å². The zero-order valence-electron chi connectivity index (χ0n) is 26.3. The second kappa shape index (κ2) is 15.9. The van der Waals surface area contributed by atoms with E-state index < -0.39 is 91.7 Å². The van der Waals surface area contributed by atoms with Gasteiger partial charge in [0.15, 0.2) is 14.1 Å². The molecule has 0 aliphatic carbocycles. The van der Waals surface area contributed by atoms with Crippen molar-refractivity contribution in [3.05, 3.63) is 23.8 Å². The second-order valence-corrected chi connectivity index (χ2v) is 16.4. The summed E-state index contributed by atoms with van der Waals surface area (Å²) in [4.78, 5) is 23.3. The van der Waals surface area contributed by atoms with E-state index in [1.54, 1.807) is 26.8 Å². The summed E-state index contributed by atoms with van der Waals surface area (Å²) in [5.74, 6) is -38.8. The van der Waals surface area contributed by atoms with Crippen molar-refractivity contribution < 1.29 is 75.8 Å². The normalized spacial score (nSPS) is 15.7. The number of alkyl halides is 13. The third kappa shape index (κ3) is 9.49. The standard InChI is InChI=1S/C28H39F13O4Si/c1-8-20(14-19(7)10-11-21(42)15-22(43)44-9-2)16-45-46(17(3)4,18(5)6)13-12-23(29,30)24(31,32)25(33,34)26(35,36)27(37,38)28(39,40)41/h10-11,14,17-18,20H,8-9,12-13,15-16H2,1-7H3/b11-10+,19-14+/t20-/m0/s1. The van der Waals surface area contributed by atoms with E-state index in [2.05, 4.69) is 4.74 Å². The van der Waals surface area contributed by atoms with Crippen molar-refractivity contribution in [1.29, 1.82) is 0 Å². The molecule has 0 aromatic rings. The van der Waals surface area contributed by atoms with Crippen molar-refractivity contribution in [3.63, 3.8) is 0 Å². The first kappa shape index (κ1) is 43.9. The van der Waals surface area contributed by atoms with Gasteiger partial charge in [0.05, 0.1) is 6.61 Å². The number of ketones is 1. The van der Waals surface area contributed by atoms with Crippen LogP contribution in [0.3, 0.4) is 0 Å². The molecule has 0 aromatic carbocycles. The molecule has 4 nitrogen and oxygen atoms in total. The van der Waals surface area contributed by atoms with Gasteiger partial charge in [0, 0.05) is 13.0 Å². The molecule has 0 aliphatic heterocycles. The molecule has 0 aromatic heterocycles. The summed E-state index contributed by atoms with van der Waals surface area (Å²) >= 11 is 0. The van der Waals surface area contributed by atoms with Crippen LogP contribution in [0.2, 0.25) is 17.1 Å². The number of carbonyl (C=O) groups is 2. The molecule has 0 saturated carbocycles. The minimum atomic E-state index is -7.94. The number of carbonyl (C=O) groups excluding carboxylic acids is 2. The van der Waals surface area contributed by atoms with Crippen LogP contribution >= 0.6 is 0 Å². The summed E-state index contributed by atoms with van der Waals surface area (Å²) < 4.78 is 188. The lowest BCUT2D eigenvalue weighted by Crippen LogP contribution is -2.70. The number of rotatable bonds is 19. The van der Waals surface area contributed by atoms with E-state index in [0.717, 1.165) is 6.08 Å². The van der Waals surface area contributed by atoms with Gasteiger partial charge in [-0.25, -0.2) is 0 Å². The predicted molar refractivity (Wildman–Crippen MR) is 145 cm³/mol. The second-order valence-electron chi connectivity index (χ2n) is 11.4. The molecule has 1 atom stereocenters. The fraction of sp³-hybridized carbons (Fsp3) is 0.786. The van der Waals surface area contributed by atoms with Gasteiger partial charge in [-0.05, 0) is 49.4 Å². The van der Waals surface area contributed by atoms with Crippen LogP contribution in [-0.2, 0) is 18.8 Å². The fourth-order valence-electron chi connectivity index (χ4n) is 4.57. The molecule has 0 unspecified atom stereocenters. The molecule has 46 heavy (non-hydrogen) atoms. The Bertz CT molecular complexity index is 1080. The molecule has 0 fully saturated rings. The van der Waals surface area contributed by atoms with E-state index in [9.17, 15) is 66.7 Å². The van der Waals surface area contributed by atoms with Crippen molar-refractivity contribution in [1.82, 2.24) is 0 Å². The van der Waals surface area contributed by atoms with Gasteiger partial charge in [-0.2, -0.15) is 57.1 Å². The highest BCUT2D eigenvalue weighted by atomic mass is 28.4. The average Bonchev–Trinajstić information content (AvgIpc) is 2.89. The van der Waals surface area contributed by atoms with Crippen molar-refractivity contribution in [2.75, 3.05) is 13.2 Å². The van der Waals surface area contributed by atoms with Crippen LogP contribution in [0.1, 0.15) is 67.7 Å². The van der Waals surface area contributed by atoms with Crippen LogP contribution in [0.5, 0.6) is 0 Å². The van der Waals surface area contributed by atoms with Crippen LogP contribution in [0.15, 0.2) is 23.8 Å². The summed E-state index contributed by atoms with van der Waals surface area (Å²) in [6.45, 7) is 10.5. The Hall–Kier alpha value is -2.11. The molecule has 0 amide bonds. The molecule has 0 radical (unpaired) electrons. The summed E-state index contributed by atoms with van der Waals surface area (Å²) in [5, 5.41) is 0. The van der Waals surface area contributed by atoms with Gasteiger partial charge < -0.3 is 9.16 Å². The lowest BCUT2D eigenvalue weighted by molar-refractivity contribution is -0.440. The molecule has 270 valence electrons. The Labute approximate surface area is 259 Å². The molecule has 0 N–H and O–H groups in total. The zero-order chi connectivity index (χ0) is 36.7. The number of ether oxygens (including phenoxy) is 1. The molecular weight excluding hydrogens is 675 g/mol. The fourth-order valence-corrected chi connectivity index (χ4v) is 9.10. The molecule has 18 heteroatoms. The van der Waals surface area contributed by atoms with E-state index in [4.69, 9.17) is 4.43 Å². The van der Waals surface area contributed by atoms with E-state index >= 15 is 0 Å². The molecule has 0 bridgehead atoms. The third-order valence-electron chi connectivity index (χ3n) is 7.53. The van der Waals surface area contributed by atoms with E-state index in [1.165, 1.54) is 33.8 Å². The van der Waals surface area contributed by atoms with Crippen molar-refractivity contribution in [2.24, 2.45) is 5.92 Å². The summed E-state index contributed by atoms with van der Waals surface area (Å²) in [6, 6.07) is -1.08. The largest absolute Gasteiger partial charge is 0.466 e. The minimum Gasteiger partial charge on any atom is -0.466 e. The highest BCUT2D eigenvalue weighted by Gasteiger charge is 2.90. The monoisotopic (exact) mass is 714 g/mol. The Kier molecular flexibility index (Phi) is 15.1. The minimum absolute atomic E-state index is 0.0772. The molecule has 0 saturated heterocycles. The smallest absolute Gasteiger partial charge is 0.460 e. The Balaban J connectivity index is 6.18. The Morgan fingerprint density at radius 3 is 1.63 bits per heavy atom. The van der Waals surface area contributed by atoms with Gasteiger partial charge in [-0.3, -0.25) is 9.59 Å². The van der Waals surface area contributed by atoms with E-state index in [0.29, 0.717) is 12.0 Å². The maximum absolute atomic E-state index is 14.7. The number of hydrogen-bond acceptors (Lipinski definition) is 4. The van der Waals surface area contributed by atoms with Gasteiger partial charge in [0.25, 0.3) is 0 Å². The van der Waals surface area contributed by atoms with Crippen molar-refractivity contribution in [2.45, 2.75) is 121 Å². The van der Waals surface area contributed by atoms with Crippen molar-refractivity contribution >= 4 is 20.1 Å². The lowest BCUT2D eigenvalue weighted by Gasteiger charge is -2.42. The first-order valence-corrected chi connectivity index (χ1v) is 16.4. The molecule has 0 rings (SSSR count). The van der Waals surface area contributed by atoms with Crippen LogP contribution in [-0.4, -0.2) is 69.1 Å². The zero-order valence-corrected chi connectivity index (χ0v) is 27.3. The van der Waals surface area contributed by atoms with Crippen LogP contribution in [0.4, 0.5) is 57.1 Å². The number of esters is 1. The third-order valence-corrected chi connectivity index (χ3v) is 13.2. The van der Waals surface area contributed by atoms with Gasteiger partial charge >= 0.3 is 41.8 Å².